The van der Waals surface area contributed by atoms with Gasteiger partial charge in [0.05, 0.1) is 18.3 Å². The highest BCUT2D eigenvalue weighted by Gasteiger charge is 2.12. The molecule has 0 aliphatic heterocycles. The van der Waals surface area contributed by atoms with E-state index in [4.69, 9.17) is 9.15 Å². The van der Waals surface area contributed by atoms with Crippen LogP contribution in [0, 0.1) is 0 Å². The van der Waals surface area contributed by atoms with Crippen molar-refractivity contribution in [3.05, 3.63) is 42.5 Å². The first-order chi connectivity index (χ1) is 8.83. The molecule has 92 valence electrons. The molecule has 3 aromatic heterocycles. The molecule has 0 atom stereocenters. The summed E-state index contributed by atoms with van der Waals surface area (Å²) in [5, 5.41) is 4.01. The van der Waals surface area contributed by atoms with Gasteiger partial charge in [0, 0.05) is 24.5 Å². The monoisotopic (exact) mass is 245 g/mol. The third kappa shape index (κ3) is 2.00. The fourth-order valence-corrected chi connectivity index (χ4v) is 1.70. The molecule has 3 heterocycles. The number of hydrogen-bond acceptors (Lipinski definition) is 4. The van der Waals surface area contributed by atoms with E-state index in [9.17, 15) is 4.79 Å². The van der Waals surface area contributed by atoms with Crippen LogP contribution in [0.3, 0.4) is 0 Å². The van der Waals surface area contributed by atoms with Crippen LogP contribution in [0.1, 0.15) is 10.5 Å². The van der Waals surface area contributed by atoms with E-state index in [1.165, 1.54) is 0 Å². The van der Waals surface area contributed by atoms with Crippen LogP contribution in [0.5, 0.6) is 0 Å². The Hall–Kier alpha value is -2.50. The third-order valence-corrected chi connectivity index (χ3v) is 2.57. The number of aromatic amines is 1. The molecular weight excluding hydrogens is 234 g/mol. The SMILES string of the molecule is O=C(OCCn1cccn1)c1cc2occc2[nH]1. The van der Waals surface area contributed by atoms with Gasteiger partial charge in [-0.25, -0.2) is 4.79 Å². The molecule has 1 N–H and O–H groups in total. The Morgan fingerprint density at radius 3 is 3.28 bits per heavy atom. The molecule has 0 radical (unpaired) electrons. The molecule has 3 rings (SSSR count). The van der Waals surface area contributed by atoms with Crippen LogP contribution in [-0.4, -0.2) is 27.3 Å². The van der Waals surface area contributed by atoms with Gasteiger partial charge >= 0.3 is 5.97 Å². The topological polar surface area (TPSA) is 73.1 Å². The van der Waals surface area contributed by atoms with Crippen molar-refractivity contribution < 1.29 is 13.9 Å². The molecule has 6 nitrogen and oxygen atoms in total. The minimum absolute atomic E-state index is 0.279. The normalized spacial score (nSPS) is 10.9. The lowest BCUT2D eigenvalue weighted by atomic mass is 10.4. The lowest BCUT2D eigenvalue weighted by Gasteiger charge is -2.03. The summed E-state index contributed by atoms with van der Waals surface area (Å²) in [6.45, 7) is 0.816. The number of furan rings is 1. The van der Waals surface area contributed by atoms with Gasteiger partial charge in [-0.05, 0) is 6.07 Å². The van der Waals surface area contributed by atoms with E-state index in [-0.39, 0.29) is 6.61 Å². The first kappa shape index (κ1) is 10.6. The van der Waals surface area contributed by atoms with Gasteiger partial charge in [0.15, 0.2) is 5.58 Å². The number of nitrogens with one attached hydrogen (secondary N) is 1. The zero-order valence-corrected chi connectivity index (χ0v) is 9.50. The van der Waals surface area contributed by atoms with Crippen molar-refractivity contribution in [2.75, 3.05) is 6.61 Å². The molecule has 6 heteroatoms. The van der Waals surface area contributed by atoms with Gasteiger partial charge in [0.1, 0.15) is 12.3 Å². The predicted molar refractivity (Wildman–Crippen MR) is 63.1 cm³/mol. The van der Waals surface area contributed by atoms with Crippen LogP contribution in [0.2, 0.25) is 0 Å². The maximum absolute atomic E-state index is 11.7. The minimum Gasteiger partial charge on any atom is -0.463 e. The average Bonchev–Trinajstić information content (AvgIpc) is 3.04. The average molecular weight is 245 g/mol. The first-order valence-corrected chi connectivity index (χ1v) is 5.54. The highest BCUT2D eigenvalue weighted by atomic mass is 16.5. The van der Waals surface area contributed by atoms with Crippen molar-refractivity contribution in [1.82, 2.24) is 14.8 Å². The molecule has 0 aromatic carbocycles. The number of esters is 1. The van der Waals surface area contributed by atoms with Gasteiger partial charge in [-0.1, -0.05) is 0 Å². The van der Waals surface area contributed by atoms with Crippen molar-refractivity contribution in [2.24, 2.45) is 0 Å². The summed E-state index contributed by atoms with van der Waals surface area (Å²) in [5.41, 5.74) is 1.83. The van der Waals surface area contributed by atoms with Gasteiger partial charge in [-0.15, -0.1) is 0 Å². The summed E-state index contributed by atoms with van der Waals surface area (Å²) >= 11 is 0. The van der Waals surface area contributed by atoms with Crippen molar-refractivity contribution in [3.63, 3.8) is 0 Å². The van der Waals surface area contributed by atoms with Gasteiger partial charge in [0.25, 0.3) is 0 Å². The van der Waals surface area contributed by atoms with E-state index in [0.717, 1.165) is 5.52 Å². The van der Waals surface area contributed by atoms with E-state index in [1.54, 1.807) is 29.3 Å². The Kier molecular flexibility index (Phi) is 2.60. The molecule has 0 bridgehead atoms. The number of hydrogen-bond donors (Lipinski definition) is 1. The molecule has 0 saturated carbocycles. The number of H-pyrrole nitrogens is 1. The molecule has 0 spiro atoms. The zero-order chi connectivity index (χ0) is 12.4. The molecule has 3 aromatic rings. The summed E-state index contributed by atoms with van der Waals surface area (Å²) in [4.78, 5) is 14.6. The van der Waals surface area contributed by atoms with Crippen molar-refractivity contribution in [2.45, 2.75) is 6.54 Å². The fraction of sp³-hybridized carbons (Fsp3) is 0.167. The summed E-state index contributed by atoms with van der Waals surface area (Å²) in [6, 6.07) is 5.21. The summed E-state index contributed by atoms with van der Waals surface area (Å²) in [5.74, 6) is -0.395. The third-order valence-electron chi connectivity index (χ3n) is 2.57. The second kappa shape index (κ2) is 4.40. The van der Waals surface area contributed by atoms with Crippen LogP contribution < -0.4 is 0 Å². The van der Waals surface area contributed by atoms with Crippen LogP contribution >= 0.6 is 0 Å². The van der Waals surface area contributed by atoms with Crippen molar-refractivity contribution >= 4 is 17.1 Å². The van der Waals surface area contributed by atoms with Gasteiger partial charge in [-0.2, -0.15) is 5.10 Å². The molecule has 0 fully saturated rings. The quantitative estimate of drug-likeness (QED) is 0.711. The number of aromatic nitrogens is 3. The molecule has 18 heavy (non-hydrogen) atoms. The van der Waals surface area contributed by atoms with E-state index < -0.39 is 5.97 Å². The Balaban J connectivity index is 1.59. The van der Waals surface area contributed by atoms with Gasteiger partial charge in [-0.3, -0.25) is 4.68 Å². The largest absolute Gasteiger partial charge is 0.463 e. The predicted octanol–water partition coefficient (Wildman–Crippen LogP) is 1.81. The van der Waals surface area contributed by atoms with Crippen molar-refractivity contribution in [1.29, 1.82) is 0 Å². The van der Waals surface area contributed by atoms with Crippen LogP contribution in [0.25, 0.3) is 11.1 Å². The Labute approximate surface area is 102 Å². The molecule has 0 aliphatic carbocycles. The second-order valence-corrected chi connectivity index (χ2v) is 3.79. The summed E-state index contributed by atoms with van der Waals surface area (Å²) in [6.07, 6.45) is 5.06. The standard InChI is InChI=1S/C12H11N3O3/c16-12(18-7-5-15-4-1-3-13-15)10-8-11-9(14-10)2-6-17-11/h1-4,6,8,14H,5,7H2. The van der Waals surface area contributed by atoms with Crippen molar-refractivity contribution in [3.8, 4) is 0 Å². The molecular formula is C12H11N3O3. The second-order valence-electron chi connectivity index (χ2n) is 3.79. The summed E-state index contributed by atoms with van der Waals surface area (Å²) in [7, 11) is 0. The Morgan fingerprint density at radius 1 is 1.56 bits per heavy atom. The number of ether oxygens (including phenoxy) is 1. The van der Waals surface area contributed by atoms with Gasteiger partial charge in [0.2, 0.25) is 0 Å². The van der Waals surface area contributed by atoms with Gasteiger partial charge < -0.3 is 14.1 Å². The number of carbonyl (C=O) groups is 1. The lowest BCUT2D eigenvalue weighted by molar-refractivity contribution is 0.0482. The fourth-order valence-electron chi connectivity index (χ4n) is 1.70. The molecule has 0 unspecified atom stereocenters. The molecule has 0 saturated heterocycles. The highest BCUT2D eigenvalue weighted by Crippen LogP contribution is 2.16. The Morgan fingerprint density at radius 2 is 2.50 bits per heavy atom. The molecule has 0 aliphatic rings. The highest BCUT2D eigenvalue weighted by molar-refractivity contribution is 5.93. The minimum atomic E-state index is -0.395. The maximum atomic E-state index is 11.7. The smallest absolute Gasteiger partial charge is 0.354 e. The number of carbonyl (C=O) groups excluding carboxylic acids is 1. The van der Waals surface area contributed by atoms with E-state index in [0.29, 0.717) is 17.8 Å². The Bertz CT molecular complexity index is 623. The van der Waals surface area contributed by atoms with Crippen LogP contribution in [0.4, 0.5) is 0 Å². The first-order valence-electron chi connectivity index (χ1n) is 5.54. The number of nitrogens with zero attached hydrogens (tertiary/aromatic N) is 2. The summed E-state index contributed by atoms with van der Waals surface area (Å²) < 4.78 is 12.0. The number of fused-ring (bicyclic) bond motifs is 1. The molecule has 0 amide bonds. The van der Waals surface area contributed by atoms with E-state index in [2.05, 4.69) is 10.1 Å². The van der Waals surface area contributed by atoms with E-state index >= 15 is 0 Å². The van der Waals surface area contributed by atoms with E-state index in [1.807, 2.05) is 12.3 Å². The lowest BCUT2D eigenvalue weighted by Crippen LogP contribution is -2.12. The van der Waals surface area contributed by atoms with Crippen LogP contribution in [-0.2, 0) is 11.3 Å². The number of rotatable bonds is 4. The van der Waals surface area contributed by atoms with Crippen LogP contribution in [0.15, 0.2) is 41.3 Å². The zero-order valence-electron chi connectivity index (χ0n) is 9.50. The maximum Gasteiger partial charge on any atom is 0.354 e.